The van der Waals surface area contributed by atoms with Crippen molar-refractivity contribution in [3.8, 4) is 11.4 Å². The number of carbonyl (C=O) groups excluding carboxylic acids is 1. The molecule has 0 atom stereocenters. The summed E-state index contributed by atoms with van der Waals surface area (Å²) in [5, 5.41) is 7.04. The van der Waals surface area contributed by atoms with E-state index in [0.29, 0.717) is 5.56 Å². The molecule has 0 fully saturated rings. The molecule has 1 heterocycles. The summed E-state index contributed by atoms with van der Waals surface area (Å²) >= 11 is 0. The Kier molecular flexibility index (Phi) is 5.56. The molecule has 2 aromatic rings. The van der Waals surface area contributed by atoms with Crippen molar-refractivity contribution in [2.24, 2.45) is 5.11 Å². The lowest BCUT2D eigenvalue weighted by molar-refractivity contribution is -0.284. The van der Waals surface area contributed by atoms with Crippen LogP contribution in [0.5, 0.6) is 0 Å². The van der Waals surface area contributed by atoms with E-state index < -0.39 is 30.8 Å². The number of halogens is 5. The Morgan fingerprint density at radius 3 is 2.42 bits per heavy atom. The Morgan fingerprint density at radius 2 is 1.85 bits per heavy atom. The molecule has 0 aliphatic heterocycles. The topological polar surface area (TPSA) is 98.1 Å². The molecule has 0 spiro atoms. The monoisotopic (exact) mass is 375 g/mol. The van der Waals surface area contributed by atoms with E-state index in [2.05, 4.69) is 20.1 Å². The van der Waals surface area contributed by atoms with E-state index in [4.69, 9.17) is 5.53 Å². The van der Waals surface area contributed by atoms with Gasteiger partial charge in [-0.05, 0) is 18.6 Å². The van der Waals surface area contributed by atoms with E-state index >= 15 is 0 Å². The largest absolute Gasteiger partial charge is 0.453 e. The molecule has 12 heteroatoms. The molecule has 1 N–H and O–H groups in total. The van der Waals surface area contributed by atoms with Gasteiger partial charge in [0, 0.05) is 24.1 Å². The molecule has 2 rings (SSSR count). The molecule has 0 unspecified atom stereocenters. The minimum absolute atomic E-state index is 0.154. The Balaban J connectivity index is 1.99. The third-order valence-corrected chi connectivity index (χ3v) is 3.36. The number of amides is 1. The predicted octanol–water partition coefficient (Wildman–Crippen LogP) is 3.61. The van der Waals surface area contributed by atoms with Gasteiger partial charge >= 0.3 is 18.0 Å². The van der Waals surface area contributed by atoms with Crippen LogP contribution >= 0.6 is 0 Å². The lowest BCUT2D eigenvalue weighted by Crippen LogP contribution is -2.36. The molecule has 0 aliphatic rings. The second-order valence-corrected chi connectivity index (χ2v) is 5.22. The van der Waals surface area contributed by atoms with E-state index in [0.717, 1.165) is 4.68 Å². The average Bonchev–Trinajstić information content (AvgIpc) is 3.03. The van der Waals surface area contributed by atoms with Gasteiger partial charge in [0.05, 0.1) is 0 Å². The van der Waals surface area contributed by atoms with E-state index in [1.54, 1.807) is 0 Å². The summed E-state index contributed by atoms with van der Waals surface area (Å²) in [6.07, 6.45) is -6.12. The molecule has 0 aliphatic carbocycles. The van der Waals surface area contributed by atoms with Crippen molar-refractivity contribution in [1.29, 1.82) is 5.53 Å². The van der Waals surface area contributed by atoms with Gasteiger partial charge in [-0.1, -0.05) is 12.1 Å². The van der Waals surface area contributed by atoms with E-state index in [1.807, 2.05) is 0 Å². The first-order chi connectivity index (χ1) is 12.1. The Hall–Kier alpha value is -3.01. The standard InChI is InChI=1S/C14H12F5N6O/c15-13(16,14(17,18)19)6-1-7-25-8-21-11(23-25)9-2-4-10(5-3-9)12(26)22-24-20/h2-5,8,20H,1,6-7H2/q+1. The highest BCUT2D eigenvalue weighted by molar-refractivity contribution is 5.94. The summed E-state index contributed by atoms with van der Waals surface area (Å²) in [6.45, 7) is -0.154. The SMILES string of the molecule is N=[N+]=NC(=O)c1ccc(-c2ncn(CCCC(F)(F)C(F)(F)F)n2)cc1. The lowest BCUT2D eigenvalue weighted by atomic mass is 10.1. The molecule has 26 heavy (non-hydrogen) atoms. The molecule has 0 saturated carbocycles. The van der Waals surface area contributed by atoms with Crippen LogP contribution in [0.15, 0.2) is 35.7 Å². The minimum atomic E-state index is -5.57. The highest BCUT2D eigenvalue weighted by Gasteiger charge is 2.56. The summed E-state index contributed by atoms with van der Waals surface area (Å²) in [7, 11) is 0. The molecule has 0 radical (unpaired) electrons. The first-order valence-electron chi connectivity index (χ1n) is 7.20. The molecule has 1 amide bonds. The maximum absolute atomic E-state index is 12.8. The summed E-state index contributed by atoms with van der Waals surface area (Å²) in [5.41, 5.74) is 7.19. The number of aryl methyl sites for hydroxylation is 1. The van der Waals surface area contributed by atoms with E-state index in [9.17, 15) is 26.7 Å². The zero-order chi connectivity index (χ0) is 19.4. The fraction of sp³-hybridized carbons (Fsp3) is 0.357. The van der Waals surface area contributed by atoms with Crippen LogP contribution in [0.4, 0.5) is 22.0 Å². The zero-order valence-corrected chi connectivity index (χ0v) is 13.0. The van der Waals surface area contributed by atoms with E-state index in [1.165, 1.54) is 30.6 Å². The van der Waals surface area contributed by atoms with Gasteiger partial charge in [0.1, 0.15) is 11.9 Å². The number of hydrogen-bond acceptors (Lipinski definition) is 4. The molecule has 138 valence electrons. The summed E-state index contributed by atoms with van der Waals surface area (Å²) in [4.78, 5) is 18.0. The zero-order valence-electron chi connectivity index (χ0n) is 13.0. The van der Waals surface area contributed by atoms with Gasteiger partial charge in [-0.15, -0.1) is 0 Å². The van der Waals surface area contributed by atoms with Crippen molar-refractivity contribution in [2.45, 2.75) is 31.5 Å². The van der Waals surface area contributed by atoms with Gasteiger partial charge in [0.25, 0.3) is 0 Å². The van der Waals surface area contributed by atoms with Crippen molar-refractivity contribution in [3.05, 3.63) is 36.2 Å². The van der Waals surface area contributed by atoms with Gasteiger partial charge in [-0.2, -0.15) is 27.1 Å². The fourth-order valence-corrected chi connectivity index (χ4v) is 2.00. The Labute approximate surface area is 143 Å². The van der Waals surface area contributed by atoms with Gasteiger partial charge in [0.2, 0.25) is 10.0 Å². The first kappa shape index (κ1) is 19.3. The van der Waals surface area contributed by atoms with Crippen LogP contribution in [-0.2, 0) is 6.54 Å². The number of alkyl halides is 5. The highest BCUT2D eigenvalue weighted by atomic mass is 19.4. The van der Waals surface area contributed by atoms with Crippen molar-refractivity contribution in [1.82, 2.24) is 19.7 Å². The third-order valence-electron chi connectivity index (χ3n) is 3.36. The number of benzene rings is 1. The summed E-state index contributed by atoms with van der Waals surface area (Å²) < 4.78 is 63.1. The minimum Gasteiger partial charge on any atom is -0.259 e. The first-order valence-corrected chi connectivity index (χ1v) is 7.20. The molecule has 0 saturated heterocycles. The number of rotatable bonds is 6. The van der Waals surface area contributed by atoms with Crippen LogP contribution in [0.1, 0.15) is 23.2 Å². The lowest BCUT2D eigenvalue weighted by Gasteiger charge is -2.19. The highest BCUT2D eigenvalue weighted by Crippen LogP contribution is 2.38. The average molecular weight is 375 g/mol. The quantitative estimate of drug-likeness (QED) is 0.474. The Morgan fingerprint density at radius 1 is 1.19 bits per heavy atom. The second kappa shape index (κ2) is 7.48. The third kappa shape index (κ3) is 4.54. The summed E-state index contributed by atoms with van der Waals surface area (Å²) in [5.74, 6) is -5.22. The molecular weight excluding hydrogens is 363 g/mol. The number of nitrogens with zero attached hydrogens (tertiary/aromatic N) is 5. The molecule has 7 nitrogen and oxygen atoms in total. The second-order valence-electron chi connectivity index (χ2n) is 5.22. The van der Waals surface area contributed by atoms with Crippen molar-refractivity contribution in [2.75, 3.05) is 0 Å². The van der Waals surface area contributed by atoms with Crippen LogP contribution < -0.4 is 4.91 Å². The number of carbonyl (C=O) groups is 1. The van der Waals surface area contributed by atoms with Crippen molar-refractivity contribution < 1.29 is 26.7 Å². The normalized spacial score (nSPS) is 11.9. The number of aromatic nitrogens is 3. The van der Waals surface area contributed by atoms with Crippen LogP contribution in [0, 0.1) is 5.53 Å². The number of hydrogen-bond donors (Lipinski definition) is 1. The van der Waals surface area contributed by atoms with Crippen LogP contribution in [0.2, 0.25) is 0 Å². The van der Waals surface area contributed by atoms with Gasteiger partial charge < -0.3 is 0 Å². The molecule has 1 aromatic heterocycles. The Bertz CT molecular complexity index is 823. The fourth-order valence-electron chi connectivity index (χ4n) is 2.00. The van der Waals surface area contributed by atoms with Gasteiger partial charge in [-0.3, -0.25) is 9.48 Å². The number of nitrogens with one attached hydrogen (secondary N) is 1. The van der Waals surface area contributed by atoms with Gasteiger partial charge in [0.15, 0.2) is 5.82 Å². The van der Waals surface area contributed by atoms with Crippen LogP contribution in [-0.4, -0.2) is 32.8 Å². The van der Waals surface area contributed by atoms with Crippen molar-refractivity contribution >= 4 is 5.91 Å². The predicted molar refractivity (Wildman–Crippen MR) is 77.3 cm³/mol. The van der Waals surface area contributed by atoms with Crippen LogP contribution in [0.3, 0.4) is 0 Å². The van der Waals surface area contributed by atoms with E-state index in [-0.39, 0.29) is 17.9 Å². The molecular formula is C14H12F5N6O+. The summed E-state index contributed by atoms with van der Waals surface area (Å²) in [6, 6.07) is 5.84. The molecule has 1 aromatic carbocycles. The van der Waals surface area contributed by atoms with Crippen LogP contribution in [0.25, 0.3) is 11.4 Å². The smallest absolute Gasteiger partial charge is 0.259 e. The maximum atomic E-state index is 12.8. The maximum Gasteiger partial charge on any atom is 0.453 e. The van der Waals surface area contributed by atoms with Gasteiger partial charge in [-0.25, -0.2) is 4.98 Å². The molecule has 0 bridgehead atoms. The van der Waals surface area contributed by atoms with Crippen molar-refractivity contribution in [3.63, 3.8) is 0 Å².